The second-order valence-corrected chi connectivity index (χ2v) is 15.0. The highest BCUT2D eigenvalue weighted by molar-refractivity contribution is 7.90. The summed E-state index contributed by atoms with van der Waals surface area (Å²) in [6, 6.07) is 8.85. The van der Waals surface area contributed by atoms with E-state index in [-0.39, 0.29) is 41.4 Å². The number of hydrogen-bond donors (Lipinski definition) is 2. The first kappa shape index (κ1) is 29.2. The fraction of sp³-hybridized carbons (Fsp3) is 0.548. The molecule has 2 N–H and O–H groups in total. The number of carbonyl (C=O) groups excluding carboxylic acids is 3. The molecule has 1 unspecified atom stereocenters. The van der Waals surface area contributed by atoms with Crippen LogP contribution >= 0.6 is 0 Å². The first-order valence-corrected chi connectivity index (χ1v) is 15.9. The molecular weight excluding hydrogens is 540 g/mol. The van der Waals surface area contributed by atoms with Gasteiger partial charge in [0.15, 0.2) is 5.78 Å². The molecule has 220 valence electrons. The maximum absolute atomic E-state index is 14.0. The lowest BCUT2D eigenvalue weighted by Crippen LogP contribution is -2.47. The van der Waals surface area contributed by atoms with Crippen molar-refractivity contribution in [1.29, 1.82) is 0 Å². The van der Waals surface area contributed by atoms with Crippen LogP contribution < -0.4 is 10.0 Å². The predicted molar refractivity (Wildman–Crippen MR) is 158 cm³/mol. The van der Waals surface area contributed by atoms with Crippen LogP contribution in [-0.4, -0.2) is 59.8 Å². The molecule has 5 rings (SSSR count). The van der Waals surface area contributed by atoms with Gasteiger partial charge in [-0.25, -0.2) is 13.4 Å². The van der Waals surface area contributed by atoms with Crippen molar-refractivity contribution in [2.75, 3.05) is 11.9 Å². The second-order valence-electron chi connectivity index (χ2n) is 13.1. The molecule has 0 radical (unpaired) electrons. The molecule has 3 fully saturated rings. The second kappa shape index (κ2) is 10.5. The number of fused-ring (bicyclic) bond motifs is 1. The Bertz CT molecular complexity index is 1490. The summed E-state index contributed by atoms with van der Waals surface area (Å²) in [7, 11) is -3.76. The van der Waals surface area contributed by atoms with Crippen LogP contribution in [0.4, 0.5) is 5.82 Å². The number of aromatic nitrogens is 1. The van der Waals surface area contributed by atoms with E-state index >= 15 is 0 Å². The third kappa shape index (κ3) is 5.76. The molecule has 1 aliphatic heterocycles. The fourth-order valence-electron chi connectivity index (χ4n) is 5.84. The zero-order chi connectivity index (χ0) is 29.7. The number of amides is 2. The maximum Gasteiger partial charge on any atom is 0.240 e. The summed E-state index contributed by atoms with van der Waals surface area (Å²) < 4.78 is 27.3. The van der Waals surface area contributed by atoms with Gasteiger partial charge < -0.3 is 10.2 Å². The van der Waals surface area contributed by atoms with Crippen LogP contribution in [0.5, 0.6) is 0 Å². The third-order valence-electron chi connectivity index (χ3n) is 9.20. The quantitative estimate of drug-likeness (QED) is 0.406. The smallest absolute Gasteiger partial charge is 0.240 e. The highest BCUT2D eigenvalue weighted by atomic mass is 32.2. The minimum atomic E-state index is -3.76. The Hall–Kier alpha value is -3.27. The number of nitrogens with one attached hydrogen (secondary N) is 2. The molecule has 2 saturated carbocycles. The number of carbonyl (C=O) groups is 3. The van der Waals surface area contributed by atoms with Gasteiger partial charge in [0, 0.05) is 36.5 Å². The monoisotopic (exact) mass is 580 g/mol. The summed E-state index contributed by atoms with van der Waals surface area (Å²) in [6.45, 7) is 12.0. The van der Waals surface area contributed by atoms with Crippen molar-refractivity contribution in [2.45, 2.75) is 77.1 Å². The molecule has 1 aromatic carbocycles. The Morgan fingerprint density at radius 3 is 2.54 bits per heavy atom. The molecule has 2 amide bonds. The summed E-state index contributed by atoms with van der Waals surface area (Å²) in [5, 5.41) is 4.91. The van der Waals surface area contributed by atoms with Crippen molar-refractivity contribution >= 4 is 44.2 Å². The van der Waals surface area contributed by atoms with Crippen molar-refractivity contribution < 1.29 is 22.8 Å². The number of rotatable bonds is 10. The lowest BCUT2D eigenvalue weighted by atomic mass is 9.81. The lowest BCUT2D eigenvalue weighted by molar-refractivity contribution is -0.144. The molecule has 10 heteroatoms. The number of hydrogen-bond acceptors (Lipinski definition) is 7. The topological polar surface area (TPSA) is 126 Å². The van der Waals surface area contributed by atoms with Crippen LogP contribution in [0.15, 0.2) is 49.2 Å². The molecule has 2 heterocycles. The van der Waals surface area contributed by atoms with E-state index in [2.05, 4.69) is 21.6 Å². The normalized spacial score (nSPS) is 26.8. The van der Waals surface area contributed by atoms with Gasteiger partial charge in [-0.1, -0.05) is 58.0 Å². The predicted octanol–water partition coefficient (Wildman–Crippen LogP) is 4.06. The third-order valence-corrected chi connectivity index (χ3v) is 11.0. The van der Waals surface area contributed by atoms with E-state index in [0.717, 1.165) is 10.8 Å². The van der Waals surface area contributed by atoms with Crippen molar-refractivity contribution in [3.8, 4) is 0 Å². The van der Waals surface area contributed by atoms with Gasteiger partial charge in [-0.3, -0.25) is 19.1 Å². The Balaban J connectivity index is 1.39. The van der Waals surface area contributed by atoms with Crippen molar-refractivity contribution in [3.05, 3.63) is 49.2 Å². The molecule has 2 aliphatic carbocycles. The van der Waals surface area contributed by atoms with Gasteiger partial charge in [-0.05, 0) is 48.5 Å². The number of sulfonamides is 1. The lowest BCUT2D eigenvalue weighted by Gasteiger charge is -2.33. The zero-order valence-electron chi connectivity index (χ0n) is 24.2. The summed E-state index contributed by atoms with van der Waals surface area (Å²) in [5.74, 6) is -0.942. The van der Waals surface area contributed by atoms with Crippen molar-refractivity contribution in [3.63, 3.8) is 0 Å². The van der Waals surface area contributed by atoms with E-state index in [9.17, 15) is 22.8 Å². The fourth-order valence-corrected chi connectivity index (χ4v) is 7.23. The minimum Gasteiger partial charge on any atom is -0.365 e. The highest BCUT2D eigenvalue weighted by Crippen LogP contribution is 2.57. The molecule has 1 aromatic heterocycles. The van der Waals surface area contributed by atoms with Gasteiger partial charge in [0.1, 0.15) is 5.82 Å². The van der Waals surface area contributed by atoms with E-state index < -0.39 is 32.6 Å². The molecule has 9 nitrogen and oxygen atoms in total. The van der Waals surface area contributed by atoms with E-state index in [1.54, 1.807) is 17.2 Å². The molecule has 5 atom stereocenters. The highest BCUT2D eigenvalue weighted by Gasteiger charge is 2.61. The number of allylic oxidation sites excluding steroid dienone is 1. The number of nitrogens with zero attached hydrogens (tertiary/aromatic N) is 2. The number of Topliss-reactive ketones (excluding diaryl/α,β-unsaturated/α-hetero) is 1. The Labute approximate surface area is 242 Å². The first-order chi connectivity index (χ1) is 19.3. The molecule has 3 aliphatic rings. The van der Waals surface area contributed by atoms with Crippen LogP contribution in [0.3, 0.4) is 0 Å². The summed E-state index contributed by atoms with van der Waals surface area (Å²) in [6.07, 6.45) is 4.99. The standard InChI is InChI=1S/C31H40N4O5S/c1-6-21-16-31(21,29(38)34-41(39,40)23-11-12-23)17-26(36)25-15-22(18-35(25)28(37)19(2)30(3,4)5)33-27-24-10-8-7-9-20(24)13-14-32-27/h6-10,13-14,19,21-23,25H,1,11-12,15-18H2,2-5H3,(H,32,33)(H,34,38)/t19-,21?,22-,25+,31-/m1/s1. The van der Waals surface area contributed by atoms with Gasteiger partial charge in [-0.2, -0.15) is 0 Å². The Kier molecular flexibility index (Phi) is 7.51. The van der Waals surface area contributed by atoms with Crippen molar-refractivity contribution in [1.82, 2.24) is 14.6 Å². The number of likely N-dealkylation sites (tertiary alicyclic amines) is 1. The SMILES string of the molecule is C=CC1C[C@]1(CC(=O)[C@@H]1C[C@@H](Nc2nccc3ccccc23)CN1C(=O)[C@@H](C)C(C)(C)C)C(=O)NS(=O)(=O)C1CC1. The Morgan fingerprint density at radius 2 is 1.90 bits per heavy atom. The van der Waals surface area contributed by atoms with Crippen LogP contribution in [-0.2, 0) is 24.4 Å². The molecule has 0 bridgehead atoms. The maximum atomic E-state index is 14.0. The van der Waals surface area contributed by atoms with Crippen LogP contribution in [0.1, 0.15) is 59.8 Å². The van der Waals surface area contributed by atoms with Crippen LogP contribution in [0.25, 0.3) is 10.8 Å². The summed E-state index contributed by atoms with van der Waals surface area (Å²) in [5.41, 5.74) is -1.47. The number of ketones is 1. The van der Waals surface area contributed by atoms with E-state index in [1.165, 1.54) is 0 Å². The van der Waals surface area contributed by atoms with E-state index in [0.29, 0.717) is 38.0 Å². The number of anilines is 1. The van der Waals surface area contributed by atoms with Gasteiger partial charge in [-0.15, -0.1) is 6.58 Å². The molecule has 2 aromatic rings. The number of pyridine rings is 1. The average Bonchev–Trinajstić information content (AvgIpc) is 3.84. The van der Waals surface area contributed by atoms with Gasteiger partial charge in [0.25, 0.3) is 0 Å². The number of benzene rings is 1. The van der Waals surface area contributed by atoms with E-state index in [4.69, 9.17) is 0 Å². The molecule has 1 saturated heterocycles. The molecule has 41 heavy (non-hydrogen) atoms. The Morgan fingerprint density at radius 1 is 1.20 bits per heavy atom. The van der Waals surface area contributed by atoms with E-state index in [1.807, 2.05) is 58.0 Å². The van der Waals surface area contributed by atoms with Crippen LogP contribution in [0, 0.1) is 22.7 Å². The van der Waals surface area contributed by atoms with Crippen molar-refractivity contribution in [2.24, 2.45) is 22.7 Å². The largest absolute Gasteiger partial charge is 0.365 e. The summed E-state index contributed by atoms with van der Waals surface area (Å²) in [4.78, 5) is 47.2. The van der Waals surface area contributed by atoms with Gasteiger partial charge in [0.2, 0.25) is 21.8 Å². The molecule has 0 spiro atoms. The van der Waals surface area contributed by atoms with Gasteiger partial charge >= 0.3 is 0 Å². The minimum absolute atomic E-state index is 0.114. The zero-order valence-corrected chi connectivity index (χ0v) is 25.0. The summed E-state index contributed by atoms with van der Waals surface area (Å²) >= 11 is 0. The molecular formula is C31H40N4O5S. The van der Waals surface area contributed by atoms with Gasteiger partial charge in [0.05, 0.1) is 16.7 Å². The average molecular weight is 581 g/mol. The van der Waals surface area contributed by atoms with Crippen LogP contribution in [0.2, 0.25) is 0 Å². The first-order valence-electron chi connectivity index (χ1n) is 14.4.